The van der Waals surface area contributed by atoms with E-state index in [1.165, 1.54) is 24.9 Å². The third-order valence-electron chi connectivity index (χ3n) is 3.14. The predicted molar refractivity (Wildman–Crippen MR) is 60.2 cm³/mol. The molecule has 2 aromatic heterocycles. The molecular formula is C11H15N5O. The molecule has 3 heterocycles. The molecule has 0 radical (unpaired) electrons. The lowest BCUT2D eigenvalue weighted by Gasteiger charge is -2.12. The standard InChI is InChI=1S/C11H15N5O/c1-2-9(13-4-1)10-6-12-8-16(10)5-3-11-14-7-15-17-11/h6-9,13H,1-5H2/t9-/m0/s1. The van der Waals surface area contributed by atoms with E-state index in [0.29, 0.717) is 11.9 Å². The van der Waals surface area contributed by atoms with Crippen LogP contribution in [-0.2, 0) is 13.0 Å². The summed E-state index contributed by atoms with van der Waals surface area (Å²) < 4.78 is 7.15. The SMILES string of the molecule is c1noc(CCn2cncc2[C@@H]2CCCN2)n1. The number of imidazole rings is 1. The van der Waals surface area contributed by atoms with Crippen LogP contribution in [0.15, 0.2) is 23.4 Å². The summed E-state index contributed by atoms with van der Waals surface area (Å²) in [6, 6.07) is 0.445. The molecular weight excluding hydrogens is 218 g/mol. The Labute approximate surface area is 99.0 Å². The molecule has 1 N–H and O–H groups in total. The van der Waals surface area contributed by atoms with Crippen LogP contribution >= 0.6 is 0 Å². The van der Waals surface area contributed by atoms with Gasteiger partial charge in [0.2, 0.25) is 5.89 Å². The first-order valence-electron chi connectivity index (χ1n) is 5.92. The van der Waals surface area contributed by atoms with E-state index in [1.807, 2.05) is 12.5 Å². The fourth-order valence-electron chi connectivity index (χ4n) is 2.27. The first-order valence-corrected chi connectivity index (χ1v) is 5.92. The molecule has 0 amide bonds. The number of nitrogens with one attached hydrogen (secondary N) is 1. The third kappa shape index (κ3) is 2.21. The van der Waals surface area contributed by atoms with Crippen molar-refractivity contribution in [2.24, 2.45) is 0 Å². The molecule has 1 aliphatic rings. The second-order valence-corrected chi connectivity index (χ2v) is 4.25. The lowest BCUT2D eigenvalue weighted by molar-refractivity contribution is 0.369. The first kappa shape index (κ1) is 10.5. The lowest BCUT2D eigenvalue weighted by atomic mass is 10.2. The summed E-state index contributed by atoms with van der Waals surface area (Å²) in [6.45, 7) is 1.93. The molecule has 0 bridgehead atoms. The second kappa shape index (κ2) is 4.67. The highest BCUT2D eigenvalue weighted by atomic mass is 16.5. The van der Waals surface area contributed by atoms with Crippen LogP contribution in [0, 0.1) is 0 Å². The molecule has 6 heteroatoms. The molecule has 0 spiro atoms. The van der Waals surface area contributed by atoms with Crippen molar-refractivity contribution in [3.05, 3.63) is 30.4 Å². The Kier molecular flexibility index (Phi) is 2.87. The van der Waals surface area contributed by atoms with Gasteiger partial charge < -0.3 is 14.4 Å². The highest BCUT2D eigenvalue weighted by molar-refractivity contribution is 5.07. The van der Waals surface area contributed by atoms with Crippen LogP contribution < -0.4 is 5.32 Å². The van der Waals surface area contributed by atoms with Gasteiger partial charge in [-0.1, -0.05) is 5.16 Å². The van der Waals surface area contributed by atoms with Gasteiger partial charge in [-0.15, -0.1) is 0 Å². The van der Waals surface area contributed by atoms with Crippen molar-refractivity contribution in [1.29, 1.82) is 0 Å². The Morgan fingerprint density at radius 2 is 2.53 bits per heavy atom. The molecule has 90 valence electrons. The summed E-state index contributed by atoms with van der Waals surface area (Å²) in [5.41, 5.74) is 1.25. The number of rotatable bonds is 4. The minimum absolute atomic E-state index is 0.445. The van der Waals surface area contributed by atoms with E-state index < -0.39 is 0 Å². The summed E-state index contributed by atoms with van der Waals surface area (Å²) in [4.78, 5) is 8.24. The predicted octanol–water partition coefficient (Wildman–Crippen LogP) is 0.933. The van der Waals surface area contributed by atoms with Gasteiger partial charge in [0.15, 0.2) is 6.33 Å². The van der Waals surface area contributed by atoms with Crippen molar-refractivity contribution in [1.82, 2.24) is 25.0 Å². The van der Waals surface area contributed by atoms with Crippen LogP contribution in [0.4, 0.5) is 0 Å². The van der Waals surface area contributed by atoms with Crippen molar-refractivity contribution < 1.29 is 4.52 Å². The van der Waals surface area contributed by atoms with Crippen molar-refractivity contribution in [3.8, 4) is 0 Å². The largest absolute Gasteiger partial charge is 0.340 e. The number of hydrogen-bond acceptors (Lipinski definition) is 5. The molecule has 1 fully saturated rings. The van der Waals surface area contributed by atoms with Gasteiger partial charge in [0, 0.05) is 25.2 Å². The molecule has 6 nitrogen and oxygen atoms in total. The average Bonchev–Trinajstić information content (AvgIpc) is 3.09. The van der Waals surface area contributed by atoms with Gasteiger partial charge >= 0.3 is 0 Å². The Morgan fingerprint density at radius 3 is 3.29 bits per heavy atom. The van der Waals surface area contributed by atoms with E-state index in [1.54, 1.807) is 0 Å². The lowest BCUT2D eigenvalue weighted by Crippen LogP contribution is -2.17. The van der Waals surface area contributed by atoms with Crippen LogP contribution in [0.1, 0.15) is 30.5 Å². The van der Waals surface area contributed by atoms with Gasteiger partial charge in [0.05, 0.1) is 12.0 Å². The van der Waals surface area contributed by atoms with E-state index >= 15 is 0 Å². The molecule has 1 aliphatic heterocycles. The monoisotopic (exact) mass is 233 g/mol. The zero-order chi connectivity index (χ0) is 11.5. The topological polar surface area (TPSA) is 68.8 Å². The van der Waals surface area contributed by atoms with Gasteiger partial charge in [0.25, 0.3) is 0 Å². The fourth-order valence-corrected chi connectivity index (χ4v) is 2.27. The van der Waals surface area contributed by atoms with Crippen LogP contribution in [0.3, 0.4) is 0 Å². The molecule has 3 rings (SSSR count). The quantitative estimate of drug-likeness (QED) is 0.851. The number of hydrogen-bond donors (Lipinski definition) is 1. The van der Waals surface area contributed by atoms with Gasteiger partial charge in [-0.3, -0.25) is 0 Å². The maximum absolute atomic E-state index is 4.99. The second-order valence-electron chi connectivity index (χ2n) is 4.25. The summed E-state index contributed by atoms with van der Waals surface area (Å²) in [7, 11) is 0. The zero-order valence-corrected chi connectivity index (χ0v) is 9.54. The Bertz CT molecular complexity index is 458. The fraction of sp³-hybridized carbons (Fsp3) is 0.545. The Morgan fingerprint density at radius 1 is 1.53 bits per heavy atom. The van der Waals surface area contributed by atoms with E-state index in [0.717, 1.165) is 19.5 Å². The number of nitrogens with zero attached hydrogens (tertiary/aromatic N) is 4. The third-order valence-corrected chi connectivity index (χ3v) is 3.14. The maximum atomic E-state index is 4.99. The molecule has 0 unspecified atom stereocenters. The van der Waals surface area contributed by atoms with Crippen LogP contribution in [0.25, 0.3) is 0 Å². The Hall–Kier alpha value is -1.69. The molecule has 1 atom stereocenters. The maximum Gasteiger partial charge on any atom is 0.228 e. The number of aryl methyl sites for hydroxylation is 2. The smallest absolute Gasteiger partial charge is 0.228 e. The van der Waals surface area contributed by atoms with E-state index in [-0.39, 0.29) is 0 Å². The zero-order valence-electron chi connectivity index (χ0n) is 9.54. The summed E-state index contributed by atoms with van der Waals surface area (Å²) in [5.74, 6) is 0.670. The molecule has 0 saturated carbocycles. The van der Waals surface area contributed by atoms with E-state index in [2.05, 4.69) is 25.0 Å². The normalized spacial score (nSPS) is 19.9. The highest BCUT2D eigenvalue weighted by Crippen LogP contribution is 2.22. The van der Waals surface area contributed by atoms with Crippen molar-refractivity contribution in [2.75, 3.05) is 6.54 Å². The minimum atomic E-state index is 0.445. The van der Waals surface area contributed by atoms with Crippen LogP contribution in [0.2, 0.25) is 0 Å². The van der Waals surface area contributed by atoms with Gasteiger partial charge in [-0.05, 0) is 19.4 Å². The summed E-state index contributed by atoms with van der Waals surface area (Å²) in [5, 5.41) is 7.08. The van der Waals surface area contributed by atoms with Gasteiger partial charge in [-0.2, -0.15) is 4.98 Å². The van der Waals surface area contributed by atoms with Crippen molar-refractivity contribution in [2.45, 2.75) is 31.8 Å². The average molecular weight is 233 g/mol. The molecule has 2 aromatic rings. The van der Waals surface area contributed by atoms with Crippen LogP contribution in [-0.4, -0.2) is 26.2 Å². The van der Waals surface area contributed by atoms with Crippen molar-refractivity contribution in [3.63, 3.8) is 0 Å². The summed E-state index contributed by atoms with van der Waals surface area (Å²) in [6.07, 6.45) is 8.41. The molecule has 1 saturated heterocycles. The molecule has 17 heavy (non-hydrogen) atoms. The molecule has 0 aromatic carbocycles. The van der Waals surface area contributed by atoms with Crippen molar-refractivity contribution >= 4 is 0 Å². The van der Waals surface area contributed by atoms with E-state index in [9.17, 15) is 0 Å². The van der Waals surface area contributed by atoms with E-state index in [4.69, 9.17) is 4.52 Å². The molecule has 0 aliphatic carbocycles. The van der Waals surface area contributed by atoms with Crippen LogP contribution in [0.5, 0.6) is 0 Å². The minimum Gasteiger partial charge on any atom is -0.340 e. The highest BCUT2D eigenvalue weighted by Gasteiger charge is 2.19. The van der Waals surface area contributed by atoms with Gasteiger partial charge in [-0.25, -0.2) is 4.98 Å². The van der Waals surface area contributed by atoms with Gasteiger partial charge in [0.1, 0.15) is 0 Å². The summed E-state index contributed by atoms with van der Waals surface area (Å²) >= 11 is 0. The first-order chi connectivity index (χ1) is 8.43. The Balaban J connectivity index is 1.68. The number of aromatic nitrogens is 4.